The minimum Gasteiger partial charge on any atom is -0.481 e. The van der Waals surface area contributed by atoms with Gasteiger partial charge in [-0.05, 0) is 26.0 Å². The van der Waals surface area contributed by atoms with Gasteiger partial charge in [0.1, 0.15) is 5.82 Å². The van der Waals surface area contributed by atoms with Gasteiger partial charge in [-0.25, -0.2) is 4.98 Å². The molecule has 140 valence electrons. The second kappa shape index (κ2) is 9.38. The van der Waals surface area contributed by atoms with Crippen molar-refractivity contribution in [3.63, 3.8) is 0 Å². The molecule has 1 aromatic carbocycles. The number of hydrogen-bond donors (Lipinski definition) is 2. The molecule has 0 bridgehead atoms. The van der Waals surface area contributed by atoms with Crippen molar-refractivity contribution in [2.24, 2.45) is 0 Å². The SMILES string of the molecule is CC(C)N(CCC(=O)O)C(=O)CCSCc1nc2ccccc2c(=O)[nH]1. The van der Waals surface area contributed by atoms with Crippen LogP contribution in [0, 0.1) is 0 Å². The van der Waals surface area contributed by atoms with E-state index in [0.29, 0.717) is 34.7 Å². The fourth-order valence-electron chi connectivity index (χ4n) is 2.56. The Kier molecular flexibility index (Phi) is 7.20. The second-order valence-electron chi connectivity index (χ2n) is 6.16. The van der Waals surface area contributed by atoms with E-state index in [4.69, 9.17) is 5.11 Å². The Bertz CT molecular complexity index is 835. The van der Waals surface area contributed by atoms with Crippen molar-refractivity contribution >= 4 is 34.5 Å². The Morgan fingerprint density at radius 3 is 2.69 bits per heavy atom. The zero-order valence-electron chi connectivity index (χ0n) is 14.9. The fourth-order valence-corrected chi connectivity index (χ4v) is 3.36. The predicted octanol–water partition coefficient (Wildman–Crippen LogP) is 2.26. The maximum absolute atomic E-state index is 12.3. The number of carbonyl (C=O) groups excluding carboxylic acids is 1. The molecule has 0 aliphatic rings. The molecule has 0 aliphatic carbocycles. The summed E-state index contributed by atoms with van der Waals surface area (Å²) in [5.41, 5.74) is 0.490. The van der Waals surface area contributed by atoms with Gasteiger partial charge < -0.3 is 15.0 Å². The number of amides is 1. The van der Waals surface area contributed by atoms with Gasteiger partial charge >= 0.3 is 5.97 Å². The Labute approximate surface area is 155 Å². The molecule has 2 rings (SSSR count). The van der Waals surface area contributed by atoms with Crippen LogP contribution in [0.4, 0.5) is 0 Å². The number of hydrogen-bond acceptors (Lipinski definition) is 5. The lowest BCUT2D eigenvalue weighted by Gasteiger charge is -2.26. The summed E-state index contributed by atoms with van der Waals surface area (Å²) < 4.78 is 0. The Hall–Kier alpha value is -2.35. The first-order valence-electron chi connectivity index (χ1n) is 8.45. The molecule has 2 aromatic rings. The number of rotatable bonds is 9. The third-order valence-corrected chi connectivity index (χ3v) is 4.84. The minimum atomic E-state index is -0.913. The molecule has 0 spiro atoms. The molecule has 7 nitrogen and oxygen atoms in total. The van der Waals surface area contributed by atoms with E-state index in [9.17, 15) is 14.4 Å². The summed E-state index contributed by atoms with van der Waals surface area (Å²) in [5, 5.41) is 9.34. The van der Waals surface area contributed by atoms with Crippen LogP contribution in [-0.2, 0) is 15.3 Å². The van der Waals surface area contributed by atoms with Crippen molar-refractivity contribution < 1.29 is 14.7 Å². The Balaban J connectivity index is 1.86. The third kappa shape index (κ3) is 5.59. The number of fused-ring (bicyclic) bond motifs is 1. The number of aromatic nitrogens is 2. The lowest BCUT2D eigenvalue weighted by molar-refractivity contribution is -0.139. The van der Waals surface area contributed by atoms with E-state index in [1.807, 2.05) is 19.9 Å². The van der Waals surface area contributed by atoms with E-state index in [2.05, 4.69) is 9.97 Å². The second-order valence-corrected chi connectivity index (χ2v) is 7.26. The van der Waals surface area contributed by atoms with E-state index in [-0.39, 0.29) is 30.5 Å². The highest BCUT2D eigenvalue weighted by atomic mass is 32.2. The van der Waals surface area contributed by atoms with Crippen molar-refractivity contribution in [3.8, 4) is 0 Å². The molecule has 1 amide bonds. The number of H-pyrrole nitrogens is 1. The Morgan fingerprint density at radius 1 is 1.27 bits per heavy atom. The van der Waals surface area contributed by atoms with Gasteiger partial charge in [0.25, 0.3) is 5.56 Å². The standard InChI is InChI=1S/C18H23N3O4S/c1-12(2)21(9-7-17(23)24)16(22)8-10-26-11-15-19-14-6-4-3-5-13(14)18(25)20-15/h3-6,12H,7-11H2,1-2H3,(H,23,24)(H,19,20,25). The quantitative estimate of drug-likeness (QED) is 0.650. The number of para-hydroxylation sites is 1. The van der Waals surface area contributed by atoms with Crippen LogP contribution in [0.25, 0.3) is 10.9 Å². The first-order valence-corrected chi connectivity index (χ1v) is 9.61. The van der Waals surface area contributed by atoms with E-state index in [1.54, 1.807) is 23.1 Å². The highest BCUT2D eigenvalue weighted by Gasteiger charge is 2.17. The molecular weight excluding hydrogens is 354 g/mol. The van der Waals surface area contributed by atoms with Crippen molar-refractivity contribution in [2.75, 3.05) is 12.3 Å². The van der Waals surface area contributed by atoms with Crippen LogP contribution in [0.5, 0.6) is 0 Å². The Morgan fingerprint density at radius 2 is 2.00 bits per heavy atom. The molecule has 2 N–H and O–H groups in total. The maximum atomic E-state index is 12.3. The summed E-state index contributed by atoms with van der Waals surface area (Å²) in [5.74, 6) is 0.686. The number of aliphatic carboxylic acids is 1. The molecule has 0 atom stereocenters. The number of aromatic amines is 1. The van der Waals surface area contributed by atoms with E-state index in [0.717, 1.165) is 0 Å². The first kappa shape index (κ1) is 20.0. The molecular formula is C18H23N3O4S. The third-order valence-electron chi connectivity index (χ3n) is 3.87. The van der Waals surface area contributed by atoms with Crippen LogP contribution in [0.1, 0.15) is 32.5 Å². The van der Waals surface area contributed by atoms with Gasteiger partial charge in [-0.15, -0.1) is 0 Å². The number of carboxylic acid groups (broad SMARTS) is 1. The average molecular weight is 377 g/mol. The van der Waals surface area contributed by atoms with E-state index < -0.39 is 5.97 Å². The largest absolute Gasteiger partial charge is 0.481 e. The van der Waals surface area contributed by atoms with E-state index >= 15 is 0 Å². The molecule has 1 aromatic heterocycles. The zero-order valence-corrected chi connectivity index (χ0v) is 15.7. The number of carboxylic acids is 1. The summed E-state index contributed by atoms with van der Waals surface area (Å²) in [7, 11) is 0. The predicted molar refractivity (Wildman–Crippen MR) is 102 cm³/mol. The van der Waals surface area contributed by atoms with Gasteiger partial charge in [-0.3, -0.25) is 14.4 Å². The van der Waals surface area contributed by atoms with Crippen LogP contribution in [-0.4, -0.2) is 50.2 Å². The molecule has 0 radical (unpaired) electrons. The van der Waals surface area contributed by atoms with Crippen molar-refractivity contribution in [1.82, 2.24) is 14.9 Å². The fraction of sp³-hybridized carbons (Fsp3) is 0.444. The van der Waals surface area contributed by atoms with Crippen LogP contribution < -0.4 is 5.56 Å². The number of nitrogens with zero attached hydrogens (tertiary/aromatic N) is 2. The van der Waals surface area contributed by atoms with Gasteiger partial charge in [0.2, 0.25) is 5.91 Å². The first-order chi connectivity index (χ1) is 12.4. The van der Waals surface area contributed by atoms with Gasteiger partial charge in [-0.2, -0.15) is 11.8 Å². The van der Waals surface area contributed by atoms with Crippen LogP contribution in [0.15, 0.2) is 29.1 Å². The van der Waals surface area contributed by atoms with Gasteiger partial charge in [-0.1, -0.05) is 12.1 Å². The highest BCUT2D eigenvalue weighted by Crippen LogP contribution is 2.13. The van der Waals surface area contributed by atoms with Gasteiger partial charge in [0, 0.05) is 24.8 Å². The molecule has 26 heavy (non-hydrogen) atoms. The summed E-state index contributed by atoms with van der Waals surface area (Å²) >= 11 is 1.51. The lowest BCUT2D eigenvalue weighted by atomic mass is 10.2. The minimum absolute atomic E-state index is 0.0367. The molecule has 0 fully saturated rings. The van der Waals surface area contributed by atoms with Crippen molar-refractivity contribution in [3.05, 3.63) is 40.4 Å². The van der Waals surface area contributed by atoms with Crippen LogP contribution in [0.3, 0.4) is 0 Å². The monoisotopic (exact) mass is 377 g/mol. The van der Waals surface area contributed by atoms with Crippen molar-refractivity contribution in [2.45, 2.75) is 38.5 Å². The van der Waals surface area contributed by atoms with Crippen LogP contribution >= 0.6 is 11.8 Å². The van der Waals surface area contributed by atoms with Gasteiger partial charge in [0.05, 0.1) is 23.1 Å². The highest BCUT2D eigenvalue weighted by molar-refractivity contribution is 7.98. The average Bonchev–Trinajstić information content (AvgIpc) is 2.58. The number of nitrogens with one attached hydrogen (secondary N) is 1. The molecule has 8 heteroatoms. The molecule has 1 heterocycles. The summed E-state index contributed by atoms with van der Waals surface area (Å²) in [6, 6.07) is 7.12. The lowest BCUT2D eigenvalue weighted by Crippen LogP contribution is -2.38. The van der Waals surface area contributed by atoms with Crippen molar-refractivity contribution in [1.29, 1.82) is 0 Å². The number of benzene rings is 1. The summed E-state index contributed by atoms with van der Waals surface area (Å²) in [4.78, 5) is 43.8. The van der Waals surface area contributed by atoms with Gasteiger partial charge in [0.15, 0.2) is 0 Å². The van der Waals surface area contributed by atoms with E-state index in [1.165, 1.54) is 11.8 Å². The summed E-state index contributed by atoms with van der Waals surface area (Å²) in [6.45, 7) is 3.96. The smallest absolute Gasteiger partial charge is 0.305 e. The zero-order chi connectivity index (χ0) is 19.1. The van der Waals surface area contributed by atoms with Crippen LogP contribution in [0.2, 0.25) is 0 Å². The molecule has 0 saturated carbocycles. The normalized spacial score (nSPS) is 11.0. The number of carbonyl (C=O) groups is 2. The molecule has 0 unspecified atom stereocenters. The number of thioether (sulfide) groups is 1. The maximum Gasteiger partial charge on any atom is 0.305 e. The molecule has 0 saturated heterocycles. The topological polar surface area (TPSA) is 103 Å². The molecule has 0 aliphatic heterocycles. The summed E-state index contributed by atoms with van der Waals surface area (Å²) in [6.07, 6.45) is 0.263.